The molecule has 0 bridgehead atoms. The SMILES string of the molecule is CCCNC(=O)[C@H](C)N(Cc1c(Cl)cccc1Cl)C(=O)CN(c1ccc(OC)c(Cl)c1)S(=O)(=O)c1ccccc1. The zero-order valence-electron chi connectivity index (χ0n) is 22.2. The summed E-state index contributed by atoms with van der Waals surface area (Å²) in [6.45, 7) is 3.13. The van der Waals surface area contributed by atoms with Crippen LogP contribution in [-0.4, -0.2) is 51.4 Å². The van der Waals surface area contributed by atoms with Crippen molar-refractivity contribution in [1.29, 1.82) is 0 Å². The second kappa shape index (κ2) is 14.1. The molecule has 0 radical (unpaired) electrons. The molecule has 1 atom stereocenters. The molecule has 0 heterocycles. The van der Waals surface area contributed by atoms with Gasteiger partial charge in [0.25, 0.3) is 10.0 Å². The van der Waals surface area contributed by atoms with Gasteiger partial charge in [0.1, 0.15) is 18.3 Å². The molecule has 0 aliphatic carbocycles. The van der Waals surface area contributed by atoms with Crippen LogP contribution in [0.15, 0.2) is 71.6 Å². The van der Waals surface area contributed by atoms with Gasteiger partial charge < -0.3 is 15.0 Å². The number of nitrogens with zero attached hydrogens (tertiary/aromatic N) is 2. The van der Waals surface area contributed by atoms with E-state index >= 15 is 0 Å². The number of methoxy groups -OCH3 is 1. The van der Waals surface area contributed by atoms with Crippen molar-refractivity contribution in [3.05, 3.63) is 87.4 Å². The van der Waals surface area contributed by atoms with Crippen LogP contribution in [0, 0.1) is 0 Å². The molecular weight excluding hydrogens is 597 g/mol. The molecule has 0 unspecified atom stereocenters. The largest absolute Gasteiger partial charge is 0.495 e. The molecule has 0 spiro atoms. The van der Waals surface area contributed by atoms with Crippen molar-refractivity contribution in [2.75, 3.05) is 24.5 Å². The Morgan fingerprint density at radius 1 is 0.950 bits per heavy atom. The summed E-state index contributed by atoms with van der Waals surface area (Å²) in [6.07, 6.45) is 0.698. The average molecular weight is 627 g/mol. The lowest BCUT2D eigenvalue weighted by molar-refractivity contribution is -0.139. The molecule has 40 heavy (non-hydrogen) atoms. The molecule has 0 aliphatic heterocycles. The topological polar surface area (TPSA) is 96.0 Å². The first-order chi connectivity index (χ1) is 19.0. The Morgan fingerprint density at radius 3 is 2.17 bits per heavy atom. The number of hydrogen-bond donors (Lipinski definition) is 1. The fourth-order valence-electron chi connectivity index (χ4n) is 3.89. The lowest BCUT2D eigenvalue weighted by Gasteiger charge is -2.32. The number of nitrogens with one attached hydrogen (secondary N) is 1. The van der Waals surface area contributed by atoms with E-state index in [1.54, 1.807) is 43.3 Å². The minimum absolute atomic E-state index is 0.0239. The first kappa shape index (κ1) is 31.5. The van der Waals surface area contributed by atoms with Crippen LogP contribution in [0.2, 0.25) is 15.1 Å². The number of carbonyl (C=O) groups excluding carboxylic acids is 2. The molecule has 0 saturated heterocycles. The molecule has 12 heteroatoms. The molecule has 0 aromatic heterocycles. The fraction of sp³-hybridized carbons (Fsp3) is 0.286. The minimum atomic E-state index is -4.23. The third kappa shape index (κ3) is 7.40. The van der Waals surface area contributed by atoms with Crippen LogP contribution in [0.4, 0.5) is 5.69 Å². The number of halogens is 3. The summed E-state index contributed by atoms with van der Waals surface area (Å²) in [5, 5.41) is 3.56. The molecule has 3 aromatic carbocycles. The normalized spacial score (nSPS) is 11.9. The monoisotopic (exact) mass is 625 g/mol. The van der Waals surface area contributed by atoms with Gasteiger partial charge in [-0.05, 0) is 55.8 Å². The van der Waals surface area contributed by atoms with E-state index in [0.717, 1.165) is 4.31 Å². The fourth-order valence-corrected chi connectivity index (χ4v) is 6.09. The predicted molar refractivity (Wildman–Crippen MR) is 159 cm³/mol. The molecule has 0 aliphatic rings. The van der Waals surface area contributed by atoms with Gasteiger partial charge >= 0.3 is 0 Å². The van der Waals surface area contributed by atoms with Gasteiger partial charge in [-0.3, -0.25) is 13.9 Å². The lowest BCUT2D eigenvalue weighted by atomic mass is 10.1. The van der Waals surface area contributed by atoms with Crippen LogP contribution in [0.3, 0.4) is 0 Å². The highest BCUT2D eigenvalue weighted by molar-refractivity contribution is 7.92. The number of sulfonamides is 1. The second-order valence-electron chi connectivity index (χ2n) is 8.83. The Bertz CT molecular complexity index is 1430. The summed E-state index contributed by atoms with van der Waals surface area (Å²) < 4.78 is 33.8. The predicted octanol–water partition coefficient (Wildman–Crippen LogP) is 5.79. The van der Waals surface area contributed by atoms with Gasteiger partial charge in [0, 0.05) is 28.7 Å². The summed E-state index contributed by atoms with van der Waals surface area (Å²) in [4.78, 5) is 28.2. The van der Waals surface area contributed by atoms with Crippen molar-refractivity contribution in [3.8, 4) is 5.75 Å². The highest BCUT2D eigenvalue weighted by Gasteiger charge is 2.33. The zero-order valence-corrected chi connectivity index (χ0v) is 25.3. The van der Waals surface area contributed by atoms with Gasteiger partial charge in [-0.1, -0.05) is 66.0 Å². The molecule has 3 rings (SSSR count). The van der Waals surface area contributed by atoms with E-state index in [9.17, 15) is 18.0 Å². The molecule has 8 nitrogen and oxygen atoms in total. The van der Waals surface area contributed by atoms with Gasteiger partial charge in [0.2, 0.25) is 11.8 Å². The van der Waals surface area contributed by atoms with Crippen molar-refractivity contribution in [1.82, 2.24) is 10.2 Å². The van der Waals surface area contributed by atoms with E-state index < -0.39 is 34.4 Å². The minimum Gasteiger partial charge on any atom is -0.495 e. The summed E-state index contributed by atoms with van der Waals surface area (Å²) in [5.41, 5.74) is 0.570. The van der Waals surface area contributed by atoms with Crippen molar-refractivity contribution in [2.24, 2.45) is 0 Å². The number of anilines is 1. The first-order valence-electron chi connectivity index (χ1n) is 12.4. The van der Waals surface area contributed by atoms with Gasteiger partial charge in [-0.2, -0.15) is 0 Å². The summed E-state index contributed by atoms with van der Waals surface area (Å²) in [7, 11) is -2.80. The van der Waals surface area contributed by atoms with Crippen LogP contribution in [0.5, 0.6) is 5.75 Å². The van der Waals surface area contributed by atoms with Gasteiger partial charge in [0.15, 0.2) is 0 Å². The van der Waals surface area contributed by atoms with Crippen LogP contribution in [0.25, 0.3) is 0 Å². The highest BCUT2D eigenvalue weighted by atomic mass is 35.5. The molecule has 3 aromatic rings. The summed E-state index contributed by atoms with van der Waals surface area (Å²) in [5.74, 6) is -0.713. The molecule has 214 valence electrons. The molecular formula is C28H30Cl3N3O5S. The Labute approximate surface area is 249 Å². The Kier molecular flexibility index (Phi) is 11.1. The number of ether oxygens (including phenoxy) is 1. The summed E-state index contributed by atoms with van der Waals surface area (Å²) in [6, 6.07) is 16.1. The number of carbonyl (C=O) groups is 2. The lowest BCUT2D eigenvalue weighted by Crippen LogP contribution is -2.51. The molecule has 2 amide bonds. The molecule has 0 fully saturated rings. The van der Waals surface area contributed by atoms with E-state index in [0.29, 0.717) is 34.3 Å². The highest BCUT2D eigenvalue weighted by Crippen LogP contribution is 2.32. The average Bonchev–Trinajstić information content (AvgIpc) is 2.94. The first-order valence-corrected chi connectivity index (χ1v) is 15.0. The quantitative estimate of drug-likeness (QED) is 0.274. The maximum absolute atomic E-state index is 14.0. The number of hydrogen-bond acceptors (Lipinski definition) is 5. The van der Waals surface area contributed by atoms with Crippen LogP contribution < -0.4 is 14.4 Å². The van der Waals surface area contributed by atoms with Crippen LogP contribution >= 0.6 is 34.8 Å². The van der Waals surface area contributed by atoms with Crippen LogP contribution in [-0.2, 0) is 26.2 Å². The second-order valence-corrected chi connectivity index (χ2v) is 11.9. The number of amides is 2. The van der Waals surface area contributed by atoms with Gasteiger partial charge in [0.05, 0.1) is 22.7 Å². The standard InChI is InChI=1S/C28H30Cl3N3O5S/c1-4-15-32-28(36)19(2)33(17-22-23(29)11-8-12-24(22)30)27(35)18-34(20-13-14-26(39-3)25(31)16-20)40(37,38)21-9-6-5-7-10-21/h5-14,16,19H,4,15,17-18H2,1-3H3,(H,32,36)/t19-/m0/s1. The maximum Gasteiger partial charge on any atom is 0.264 e. The van der Waals surface area contributed by atoms with Crippen molar-refractivity contribution in [2.45, 2.75) is 37.8 Å². The maximum atomic E-state index is 14.0. The van der Waals surface area contributed by atoms with Crippen molar-refractivity contribution < 1.29 is 22.7 Å². The smallest absolute Gasteiger partial charge is 0.264 e. The van der Waals surface area contributed by atoms with Gasteiger partial charge in [-0.15, -0.1) is 0 Å². The third-order valence-corrected chi connectivity index (χ3v) is 8.93. The van der Waals surface area contributed by atoms with Gasteiger partial charge in [-0.25, -0.2) is 8.42 Å². The zero-order chi connectivity index (χ0) is 29.4. The van der Waals surface area contributed by atoms with Crippen LogP contribution in [0.1, 0.15) is 25.8 Å². The molecule has 0 saturated carbocycles. The van der Waals surface area contributed by atoms with E-state index in [1.807, 2.05) is 6.92 Å². The van der Waals surface area contributed by atoms with E-state index in [1.165, 1.54) is 42.3 Å². The van der Waals surface area contributed by atoms with E-state index in [2.05, 4.69) is 5.32 Å². The number of benzene rings is 3. The van der Waals surface area contributed by atoms with E-state index in [-0.39, 0.29) is 22.2 Å². The third-order valence-electron chi connectivity index (χ3n) is 6.14. The Morgan fingerprint density at radius 2 is 1.60 bits per heavy atom. The Balaban J connectivity index is 2.08. The Hall–Kier alpha value is -2.98. The molecule has 1 N–H and O–H groups in total. The van der Waals surface area contributed by atoms with E-state index in [4.69, 9.17) is 39.5 Å². The summed E-state index contributed by atoms with van der Waals surface area (Å²) >= 11 is 19.1. The number of rotatable bonds is 12. The van der Waals surface area contributed by atoms with Crippen molar-refractivity contribution >= 4 is 62.3 Å². The van der Waals surface area contributed by atoms with Crippen molar-refractivity contribution in [3.63, 3.8) is 0 Å².